The number of aromatic nitrogens is 3. The fourth-order valence-corrected chi connectivity index (χ4v) is 0.478. The molecule has 5 heteroatoms. The SMILES string of the molecule is CC(=O)On1ncc(C)n1. The van der Waals surface area contributed by atoms with Gasteiger partial charge >= 0.3 is 5.97 Å². The third kappa shape index (κ3) is 1.54. The highest BCUT2D eigenvalue weighted by molar-refractivity contribution is 5.66. The number of aryl methyl sites for hydroxylation is 1. The van der Waals surface area contributed by atoms with E-state index in [1.54, 1.807) is 6.92 Å². The molecule has 0 saturated carbocycles. The minimum Gasteiger partial charge on any atom is -0.302 e. The summed E-state index contributed by atoms with van der Waals surface area (Å²) in [5.74, 6) is -0.435. The smallest absolute Gasteiger partial charge is 0.302 e. The van der Waals surface area contributed by atoms with Gasteiger partial charge in [-0.05, 0) is 6.92 Å². The van der Waals surface area contributed by atoms with Crippen LogP contribution < -0.4 is 4.84 Å². The largest absolute Gasteiger partial charge is 0.333 e. The molecule has 0 unspecified atom stereocenters. The van der Waals surface area contributed by atoms with Crippen molar-refractivity contribution < 1.29 is 9.63 Å². The highest BCUT2D eigenvalue weighted by Gasteiger charge is 1.97. The standard InChI is InChI=1S/C5H7N3O2/c1-4-3-6-8(7-4)10-5(2)9/h3H,1-2H3. The van der Waals surface area contributed by atoms with Gasteiger partial charge in [0.15, 0.2) is 0 Å². The zero-order chi connectivity index (χ0) is 7.56. The molecule has 0 atom stereocenters. The van der Waals surface area contributed by atoms with Crippen molar-refractivity contribution in [1.29, 1.82) is 0 Å². The molecule has 54 valence electrons. The second-order valence-corrected chi connectivity index (χ2v) is 1.82. The molecular formula is C5H7N3O2. The summed E-state index contributed by atoms with van der Waals surface area (Å²) >= 11 is 0. The van der Waals surface area contributed by atoms with Gasteiger partial charge in [0.2, 0.25) is 0 Å². The summed E-state index contributed by atoms with van der Waals surface area (Å²) in [6.07, 6.45) is 1.50. The zero-order valence-electron chi connectivity index (χ0n) is 5.74. The summed E-state index contributed by atoms with van der Waals surface area (Å²) in [4.78, 5) is 15.7. The molecular weight excluding hydrogens is 134 g/mol. The van der Waals surface area contributed by atoms with Gasteiger partial charge in [0, 0.05) is 11.9 Å². The average Bonchev–Trinajstić information content (AvgIpc) is 2.13. The van der Waals surface area contributed by atoms with Crippen molar-refractivity contribution in [3.63, 3.8) is 0 Å². The molecule has 0 saturated heterocycles. The number of rotatable bonds is 1. The van der Waals surface area contributed by atoms with Crippen molar-refractivity contribution in [2.75, 3.05) is 0 Å². The van der Waals surface area contributed by atoms with Crippen molar-refractivity contribution in [2.45, 2.75) is 13.8 Å². The van der Waals surface area contributed by atoms with Crippen LogP contribution in [0.3, 0.4) is 0 Å². The van der Waals surface area contributed by atoms with Crippen LogP contribution >= 0.6 is 0 Å². The predicted octanol–water partition coefficient (Wildman–Crippen LogP) is -0.438. The fraction of sp³-hybridized carbons (Fsp3) is 0.400. The Hall–Kier alpha value is -1.39. The molecule has 5 nitrogen and oxygen atoms in total. The van der Waals surface area contributed by atoms with Crippen molar-refractivity contribution in [1.82, 2.24) is 15.2 Å². The van der Waals surface area contributed by atoms with Crippen LogP contribution in [0.25, 0.3) is 0 Å². The first-order valence-corrected chi connectivity index (χ1v) is 2.76. The number of nitrogens with zero attached hydrogens (tertiary/aromatic N) is 3. The number of carbonyl (C=O) groups is 1. The van der Waals surface area contributed by atoms with Crippen molar-refractivity contribution in [2.24, 2.45) is 0 Å². The van der Waals surface area contributed by atoms with Gasteiger partial charge in [-0.25, -0.2) is 4.79 Å². The summed E-state index contributed by atoms with van der Waals surface area (Å²) in [5.41, 5.74) is 0.709. The number of hydrogen-bond acceptors (Lipinski definition) is 4. The quantitative estimate of drug-likeness (QED) is 0.532. The van der Waals surface area contributed by atoms with E-state index in [4.69, 9.17) is 0 Å². The van der Waals surface area contributed by atoms with Crippen LogP contribution in [0.2, 0.25) is 0 Å². The second kappa shape index (κ2) is 2.47. The van der Waals surface area contributed by atoms with Gasteiger partial charge in [-0.3, -0.25) is 0 Å². The lowest BCUT2D eigenvalue weighted by Crippen LogP contribution is -2.19. The van der Waals surface area contributed by atoms with Crippen molar-refractivity contribution in [3.05, 3.63) is 11.9 Å². The van der Waals surface area contributed by atoms with Gasteiger partial charge in [-0.15, -0.1) is 10.2 Å². The second-order valence-electron chi connectivity index (χ2n) is 1.82. The Morgan fingerprint density at radius 2 is 2.50 bits per heavy atom. The highest BCUT2D eigenvalue weighted by Crippen LogP contribution is 1.83. The van der Waals surface area contributed by atoms with Crippen LogP contribution in [-0.4, -0.2) is 21.1 Å². The molecule has 0 fully saturated rings. The first kappa shape index (κ1) is 6.73. The molecule has 0 amide bonds. The molecule has 0 bridgehead atoms. The fourth-order valence-electron chi connectivity index (χ4n) is 0.478. The van der Waals surface area contributed by atoms with E-state index in [1.807, 2.05) is 0 Å². The number of carbonyl (C=O) groups excluding carboxylic acids is 1. The molecule has 0 aliphatic rings. The Morgan fingerprint density at radius 3 is 2.90 bits per heavy atom. The minimum absolute atomic E-state index is 0.435. The lowest BCUT2D eigenvalue weighted by atomic mass is 10.6. The Labute approximate surface area is 57.6 Å². The summed E-state index contributed by atoms with van der Waals surface area (Å²) in [7, 11) is 0. The summed E-state index contributed by atoms with van der Waals surface area (Å²) < 4.78 is 0. The average molecular weight is 141 g/mol. The normalized spacial score (nSPS) is 9.40. The van der Waals surface area contributed by atoms with Gasteiger partial charge in [0.05, 0.1) is 11.9 Å². The van der Waals surface area contributed by atoms with E-state index in [1.165, 1.54) is 13.1 Å². The topological polar surface area (TPSA) is 57.0 Å². The molecule has 0 aliphatic carbocycles. The first-order chi connectivity index (χ1) is 4.68. The number of hydrogen-bond donors (Lipinski definition) is 0. The summed E-state index contributed by atoms with van der Waals surface area (Å²) in [6.45, 7) is 3.05. The van der Waals surface area contributed by atoms with Crippen LogP contribution in [0.15, 0.2) is 6.20 Å². The van der Waals surface area contributed by atoms with E-state index >= 15 is 0 Å². The first-order valence-electron chi connectivity index (χ1n) is 2.76. The van der Waals surface area contributed by atoms with Gasteiger partial charge in [0.25, 0.3) is 0 Å². The minimum atomic E-state index is -0.435. The van der Waals surface area contributed by atoms with Crippen LogP contribution in [0.5, 0.6) is 0 Å². The lowest BCUT2D eigenvalue weighted by molar-refractivity contribution is -0.145. The summed E-state index contributed by atoms with van der Waals surface area (Å²) in [5, 5.41) is 7.33. The molecule has 1 heterocycles. The van der Waals surface area contributed by atoms with E-state index in [0.29, 0.717) is 5.69 Å². The van der Waals surface area contributed by atoms with Gasteiger partial charge in [-0.1, -0.05) is 0 Å². The van der Waals surface area contributed by atoms with Crippen LogP contribution in [-0.2, 0) is 4.79 Å². The molecule has 1 aromatic heterocycles. The zero-order valence-corrected chi connectivity index (χ0v) is 5.74. The molecule has 0 radical (unpaired) electrons. The summed E-state index contributed by atoms with van der Waals surface area (Å²) in [6, 6.07) is 0. The van der Waals surface area contributed by atoms with Crippen molar-refractivity contribution >= 4 is 5.97 Å². The Kier molecular flexibility index (Phi) is 1.66. The van der Waals surface area contributed by atoms with E-state index in [0.717, 1.165) is 4.96 Å². The third-order valence-electron chi connectivity index (χ3n) is 0.797. The predicted molar refractivity (Wildman–Crippen MR) is 32.0 cm³/mol. The molecule has 0 aromatic carbocycles. The van der Waals surface area contributed by atoms with E-state index < -0.39 is 5.97 Å². The van der Waals surface area contributed by atoms with Crippen LogP contribution in [0, 0.1) is 6.92 Å². The van der Waals surface area contributed by atoms with E-state index in [9.17, 15) is 4.79 Å². The Balaban J connectivity index is 2.67. The van der Waals surface area contributed by atoms with Gasteiger partial charge < -0.3 is 4.84 Å². The van der Waals surface area contributed by atoms with Crippen LogP contribution in [0.4, 0.5) is 0 Å². The van der Waals surface area contributed by atoms with E-state index in [-0.39, 0.29) is 0 Å². The Bertz CT molecular complexity index is 243. The molecule has 0 spiro atoms. The maximum absolute atomic E-state index is 10.3. The van der Waals surface area contributed by atoms with Crippen molar-refractivity contribution in [3.8, 4) is 0 Å². The van der Waals surface area contributed by atoms with Crippen LogP contribution in [0.1, 0.15) is 12.6 Å². The molecule has 1 rings (SSSR count). The van der Waals surface area contributed by atoms with Gasteiger partial charge in [-0.2, -0.15) is 0 Å². The third-order valence-corrected chi connectivity index (χ3v) is 0.797. The molecule has 0 aliphatic heterocycles. The monoisotopic (exact) mass is 141 g/mol. The van der Waals surface area contributed by atoms with Gasteiger partial charge in [0.1, 0.15) is 0 Å². The maximum Gasteiger partial charge on any atom is 0.333 e. The Morgan fingerprint density at radius 1 is 1.80 bits per heavy atom. The van der Waals surface area contributed by atoms with E-state index in [2.05, 4.69) is 15.0 Å². The molecule has 0 N–H and O–H groups in total. The maximum atomic E-state index is 10.3. The molecule has 1 aromatic rings. The lowest BCUT2D eigenvalue weighted by Gasteiger charge is -1.93. The highest BCUT2D eigenvalue weighted by atomic mass is 16.7. The molecule has 10 heavy (non-hydrogen) atoms.